The number of azide groups is 1. The lowest BCUT2D eigenvalue weighted by Crippen LogP contribution is -2.48. The molecule has 0 saturated heterocycles. The number of aromatic nitrogens is 1. The fraction of sp³-hybridized carbons (Fsp3) is 0.600. The van der Waals surface area contributed by atoms with Crippen molar-refractivity contribution in [3.05, 3.63) is 27.0 Å². The van der Waals surface area contributed by atoms with E-state index < -0.39 is 5.54 Å². The number of carbonyl (C=O) groups is 1. The number of hydrogen-bond acceptors (Lipinski definition) is 6. The van der Waals surface area contributed by atoms with Crippen molar-refractivity contribution in [3.63, 3.8) is 0 Å². The molecule has 0 bridgehead atoms. The summed E-state index contributed by atoms with van der Waals surface area (Å²) in [7, 11) is 0. The predicted molar refractivity (Wildman–Crippen MR) is 68.1 cm³/mol. The quantitative estimate of drug-likeness (QED) is 0.268. The van der Waals surface area contributed by atoms with Crippen molar-refractivity contribution in [3.8, 4) is 0 Å². The highest BCUT2D eigenvalue weighted by molar-refractivity contribution is 7.09. The van der Waals surface area contributed by atoms with Gasteiger partial charge in [0.2, 0.25) is 0 Å². The van der Waals surface area contributed by atoms with Gasteiger partial charge in [0.05, 0.1) is 6.61 Å². The number of carbonyl (C=O) groups excluding carboxylic acids is 1. The lowest BCUT2D eigenvalue weighted by atomic mass is 10.0. The maximum atomic E-state index is 12.0. The van der Waals surface area contributed by atoms with E-state index in [2.05, 4.69) is 20.3 Å². The molecule has 1 unspecified atom stereocenters. The highest BCUT2D eigenvalue weighted by Crippen LogP contribution is 2.24. The van der Waals surface area contributed by atoms with Crippen molar-refractivity contribution in [1.82, 2.24) is 10.3 Å². The van der Waals surface area contributed by atoms with E-state index in [0.717, 1.165) is 0 Å². The van der Waals surface area contributed by atoms with E-state index in [-0.39, 0.29) is 12.5 Å². The Hall–Kier alpha value is -1.63. The van der Waals surface area contributed by atoms with Crippen LogP contribution in [0.3, 0.4) is 0 Å². The molecule has 0 amide bonds. The molecular weight excluding hydrogens is 254 g/mol. The van der Waals surface area contributed by atoms with Crippen molar-refractivity contribution in [1.29, 1.82) is 0 Å². The molecule has 0 aromatic carbocycles. The Morgan fingerprint density at radius 2 is 2.56 bits per heavy atom. The third-order valence-corrected chi connectivity index (χ3v) is 3.29. The topological polar surface area (TPSA) is 100.0 Å². The van der Waals surface area contributed by atoms with Gasteiger partial charge in [0.15, 0.2) is 5.54 Å². The van der Waals surface area contributed by atoms with Crippen molar-refractivity contribution in [2.24, 2.45) is 5.11 Å². The summed E-state index contributed by atoms with van der Waals surface area (Å²) in [4.78, 5) is 18.8. The summed E-state index contributed by atoms with van der Waals surface area (Å²) in [5, 5.41) is 8.86. The Bertz CT molecular complexity index is 429. The number of nitrogens with zero attached hydrogens (tertiary/aromatic N) is 4. The molecule has 0 aliphatic heterocycles. The van der Waals surface area contributed by atoms with Crippen LogP contribution in [0.2, 0.25) is 0 Å². The average molecular weight is 269 g/mol. The molecule has 1 N–H and O–H groups in total. The van der Waals surface area contributed by atoms with Gasteiger partial charge in [0.1, 0.15) is 5.01 Å². The Kier molecular flexibility index (Phi) is 5.57. The van der Waals surface area contributed by atoms with Gasteiger partial charge in [-0.1, -0.05) is 5.11 Å². The number of ether oxygens (including phenoxy) is 1. The van der Waals surface area contributed by atoms with E-state index in [9.17, 15) is 4.79 Å². The summed E-state index contributed by atoms with van der Waals surface area (Å²) in [6.45, 7) is 4.40. The van der Waals surface area contributed by atoms with Crippen molar-refractivity contribution >= 4 is 17.3 Å². The molecule has 0 spiro atoms. The summed E-state index contributed by atoms with van der Waals surface area (Å²) in [5.41, 5.74) is 7.20. The van der Waals surface area contributed by atoms with Crippen LogP contribution in [-0.4, -0.2) is 30.6 Å². The molecule has 1 aromatic rings. The molecule has 0 radical (unpaired) electrons. The molecule has 8 heteroatoms. The number of thiazole rings is 1. The summed E-state index contributed by atoms with van der Waals surface area (Å²) < 4.78 is 5.05. The molecule has 0 saturated carbocycles. The SMILES string of the molecule is CCOC(=O)C(C)(NCCN=[N+]=[N-])c1nccs1. The first-order chi connectivity index (χ1) is 8.65. The van der Waals surface area contributed by atoms with Gasteiger partial charge in [-0.05, 0) is 19.4 Å². The minimum Gasteiger partial charge on any atom is -0.464 e. The number of hydrogen-bond donors (Lipinski definition) is 1. The molecule has 0 aliphatic carbocycles. The van der Waals surface area contributed by atoms with Crippen LogP contribution in [0, 0.1) is 0 Å². The van der Waals surface area contributed by atoms with E-state index in [1.807, 2.05) is 0 Å². The second kappa shape index (κ2) is 6.95. The van der Waals surface area contributed by atoms with Gasteiger partial charge in [-0.25, -0.2) is 9.78 Å². The zero-order valence-corrected chi connectivity index (χ0v) is 11.1. The van der Waals surface area contributed by atoms with Crippen molar-refractivity contribution in [2.45, 2.75) is 19.4 Å². The van der Waals surface area contributed by atoms with Crippen LogP contribution in [0.1, 0.15) is 18.9 Å². The van der Waals surface area contributed by atoms with Crippen LogP contribution in [0.4, 0.5) is 0 Å². The first-order valence-corrected chi connectivity index (χ1v) is 6.36. The van der Waals surface area contributed by atoms with E-state index in [1.54, 1.807) is 25.4 Å². The summed E-state index contributed by atoms with van der Waals surface area (Å²) in [6.07, 6.45) is 1.63. The minimum atomic E-state index is -1.00. The van der Waals surface area contributed by atoms with Gasteiger partial charge >= 0.3 is 5.97 Å². The van der Waals surface area contributed by atoms with Gasteiger partial charge in [-0.3, -0.25) is 5.32 Å². The molecule has 0 fully saturated rings. The predicted octanol–water partition coefficient (Wildman–Crippen LogP) is 1.82. The number of esters is 1. The minimum absolute atomic E-state index is 0.261. The Labute approximate surface area is 109 Å². The first-order valence-electron chi connectivity index (χ1n) is 5.48. The lowest BCUT2D eigenvalue weighted by Gasteiger charge is -2.26. The Morgan fingerprint density at radius 1 is 1.78 bits per heavy atom. The second-order valence-electron chi connectivity index (χ2n) is 3.56. The highest BCUT2D eigenvalue weighted by Gasteiger charge is 2.38. The normalized spacial score (nSPS) is 13.4. The summed E-state index contributed by atoms with van der Waals surface area (Å²) >= 11 is 1.37. The molecule has 98 valence electrons. The van der Waals surface area contributed by atoms with Crippen LogP contribution in [0.5, 0.6) is 0 Å². The molecule has 18 heavy (non-hydrogen) atoms. The van der Waals surface area contributed by atoms with Gasteiger partial charge in [0, 0.05) is 29.6 Å². The van der Waals surface area contributed by atoms with E-state index in [0.29, 0.717) is 18.2 Å². The Morgan fingerprint density at radius 3 is 3.11 bits per heavy atom. The second-order valence-corrected chi connectivity index (χ2v) is 4.46. The van der Waals surface area contributed by atoms with E-state index >= 15 is 0 Å². The number of nitrogens with one attached hydrogen (secondary N) is 1. The van der Waals surface area contributed by atoms with E-state index in [1.165, 1.54) is 11.3 Å². The highest BCUT2D eigenvalue weighted by atomic mass is 32.1. The number of rotatable bonds is 7. The molecule has 1 aromatic heterocycles. The van der Waals surface area contributed by atoms with Gasteiger partial charge in [0.25, 0.3) is 0 Å². The first kappa shape index (κ1) is 14.4. The molecule has 0 aliphatic rings. The smallest absolute Gasteiger partial charge is 0.333 e. The molecular formula is C10H15N5O2S. The molecule has 1 heterocycles. The summed E-state index contributed by atoms with van der Waals surface area (Å²) in [5.74, 6) is -0.388. The zero-order chi connectivity index (χ0) is 13.4. The molecule has 1 atom stereocenters. The van der Waals surface area contributed by atoms with Crippen LogP contribution < -0.4 is 5.32 Å². The molecule has 7 nitrogen and oxygen atoms in total. The van der Waals surface area contributed by atoms with Crippen LogP contribution >= 0.6 is 11.3 Å². The van der Waals surface area contributed by atoms with Gasteiger partial charge < -0.3 is 4.74 Å². The van der Waals surface area contributed by atoms with Crippen LogP contribution in [-0.2, 0) is 15.1 Å². The van der Waals surface area contributed by atoms with Gasteiger partial charge in [-0.2, -0.15) is 0 Å². The maximum absolute atomic E-state index is 12.0. The Balaban J connectivity index is 2.80. The van der Waals surface area contributed by atoms with Crippen molar-refractivity contribution in [2.75, 3.05) is 19.7 Å². The average Bonchev–Trinajstić information content (AvgIpc) is 2.89. The lowest BCUT2D eigenvalue weighted by molar-refractivity contribution is -0.151. The monoisotopic (exact) mass is 269 g/mol. The maximum Gasteiger partial charge on any atom is 0.333 e. The van der Waals surface area contributed by atoms with Gasteiger partial charge in [-0.15, -0.1) is 11.3 Å². The zero-order valence-electron chi connectivity index (χ0n) is 10.3. The third kappa shape index (κ3) is 3.43. The fourth-order valence-electron chi connectivity index (χ4n) is 1.38. The van der Waals surface area contributed by atoms with Crippen molar-refractivity contribution < 1.29 is 9.53 Å². The third-order valence-electron chi connectivity index (χ3n) is 2.30. The summed E-state index contributed by atoms with van der Waals surface area (Å²) in [6, 6.07) is 0. The van der Waals surface area contributed by atoms with E-state index in [4.69, 9.17) is 10.3 Å². The standard InChI is InChI=1S/C10H15N5O2S/c1-3-17-9(16)10(2,8-12-6-7-18-8)13-4-5-14-15-11/h6-7,13H,3-5H2,1-2H3. The molecule has 1 rings (SSSR count). The van der Waals surface area contributed by atoms with Crippen LogP contribution in [0.25, 0.3) is 10.4 Å². The fourth-order valence-corrected chi connectivity index (χ4v) is 2.15. The largest absolute Gasteiger partial charge is 0.464 e. The van der Waals surface area contributed by atoms with Crippen LogP contribution in [0.15, 0.2) is 16.7 Å².